The van der Waals surface area contributed by atoms with Crippen LogP contribution in [0.25, 0.3) is 0 Å². The first-order chi connectivity index (χ1) is 12.1. The highest BCUT2D eigenvalue weighted by Gasteiger charge is 2.27. The van der Waals surface area contributed by atoms with E-state index < -0.39 is 17.6 Å². The number of aliphatic hydroxyl groups is 1. The topological polar surface area (TPSA) is 81.8 Å². The van der Waals surface area contributed by atoms with E-state index in [1.165, 1.54) is 19.8 Å². The average molecular weight is 345 g/mol. The Hall–Kier alpha value is -2.60. The van der Waals surface area contributed by atoms with Gasteiger partial charge in [-0.15, -0.1) is 0 Å². The summed E-state index contributed by atoms with van der Waals surface area (Å²) in [5.41, 5.74) is 2.51. The van der Waals surface area contributed by atoms with Crippen LogP contribution in [0.4, 0.5) is 0 Å². The van der Waals surface area contributed by atoms with E-state index in [-0.39, 0.29) is 0 Å². The summed E-state index contributed by atoms with van der Waals surface area (Å²) in [6.45, 7) is -0.597. The van der Waals surface area contributed by atoms with E-state index in [9.17, 15) is 15.2 Å². The van der Waals surface area contributed by atoms with Crippen LogP contribution in [0.15, 0.2) is 42.5 Å². The van der Waals surface area contributed by atoms with Gasteiger partial charge in [0.2, 0.25) is 0 Å². The fourth-order valence-electron chi connectivity index (χ4n) is 2.85. The van der Waals surface area contributed by atoms with E-state index in [4.69, 9.17) is 9.47 Å². The summed E-state index contributed by atoms with van der Waals surface area (Å²) < 4.78 is 10.7. The Morgan fingerprint density at radius 2 is 1.76 bits per heavy atom. The molecule has 0 bridgehead atoms. The van der Waals surface area contributed by atoms with Crippen molar-refractivity contribution in [3.63, 3.8) is 0 Å². The molecule has 2 aromatic rings. The fourth-order valence-corrected chi connectivity index (χ4v) is 2.85. The van der Waals surface area contributed by atoms with Crippen LogP contribution in [0, 0.1) is 10.1 Å². The predicted octanol–water partition coefficient (Wildman–Crippen LogP) is 3.19. The van der Waals surface area contributed by atoms with Gasteiger partial charge in [-0.25, -0.2) is 0 Å². The van der Waals surface area contributed by atoms with Gasteiger partial charge in [0.05, 0.1) is 19.8 Å². The first-order valence-corrected chi connectivity index (χ1v) is 8.13. The molecule has 25 heavy (non-hydrogen) atoms. The number of hydrogen-bond donors (Lipinski definition) is 1. The number of ether oxygens (including phenoxy) is 2. The van der Waals surface area contributed by atoms with E-state index in [1.807, 2.05) is 18.2 Å². The number of hydrogen-bond acceptors (Lipinski definition) is 5. The molecule has 0 fully saturated rings. The van der Waals surface area contributed by atoms with Crippen LogP contribution >= 0.6 is 0 Å². The number of methoxy groups -OCH3 is 2. The van der Waals surface area contributed by atoms with Gasteiger partial charge in [-0.2, -0.15) is 0 Å². The molecule has 0 aliphatic heterocycles. The number of nitro groups is 1. The highest BCUT2D eigenvalue weighted by molar-refractivity contribution is 5.47. The number of rotatable bonds is 9. The van der Waals surface area contributed by atoms with E-state index in [2.05, 4.69) is 12.1 Å². The molecule has 0 saturated heterocycles. The van der Waals surface area contributed by atoms with Gasteiger partial charge in [0.1, 0.15) is 18.1 Å². The number of nitrogens with zero attached hydrogens (tertiary/aromatic N) is 1. The van der Waals surface area contributed by atoms with Crippen LogP contribution in [0.1, 0.15) is 29.2 Å². The summed E-state index contributed by atoms with van der Waals surface area (Å²) in [6.07, 6.45) is 2.61. The molecule has 0 spiro atoms. The minimum atomic E-state index is -1.23. The minimum absolute atomic E-state index is 0.318. The lowest BCUT2D eigenvalue weighted by Crippen LogP contribution is -2.16. The average Bonchev–Trinajstić information content (AvgIpc) is 2.63. The molecule has 0 amide bonds. The van der Waals surface area contributed by atoms with E-state index >= 15 is 0 Å². The fraction of sp³-hybridized carbons (Fsp3) is 0.368. The molecule has 2 aromatic carbocycles. The third-order valence-electron chi connectivity index (χ3n) is 4.17. The van der Waals surface area contributed by atoms with Gasteiger partial charge in [-0.1, -0.05) is 30.3 Å². The Morgan fingerprint density at radius 1 is 1.08 bits per heavy atom. The Bertz CT molecular complexity index is 702. The second-order valence-corrected chi connectivity index (χ2v) is 5.73. The van der Waals surface area contributed by atoms with Crippen LogP contribution in [-0.4, -0.2) is 30.9 Å². The van der Waals surface area contributed by atoms with E-state index in [0.717, 1.165) is 24.8 Å². The molecule has 2 rings (SSSR count). The van der Waals surface area contributed by atoms with E-state index in [1.54, 1.807) is 12.1 Å². The Labute approximate surface area is 147 Å². The first-order valence-electron chi connectivity index (χ1n) is 8.13. The highest BCUT2D eigenvalue weighted by Crippen LogP contribution is 2.34. The van der Waals surface area contributed by atoms with Crippen molar-refractivity contribution in [1.29, 1.82) is 0 Å². The molecule has 0 saturated carbocycles. The minimum Gasteiger partial charge on any atom is -0.496 e. The lowest BCUT2D eigenvalue weighted by atomic mass is 9.98. The summed E-state index contributed by atoms with van der Waals surface area (Å²) in [7, 11) is 3.00. The highest BCUT2D eigenvalue weighted by atomic mass is 16.6. The molecule has 6 heteroatoms. The molecule has 134 valence electrons. The zero-order valence-corrected chi connectivity index (χ0v) is 14.5. The van der Waals surface area contributed by atoms with Crippen molar-refractivity contribution in [2.75, 3.05) is 20.8 Å². The molecule has 6 nitrogen and oxygen atoms in total. The van der Waals surface area contributed by atoms with Crippen LogP contribution in [0.2, 0.25) is 0 Å². The molecule has 1 N–H and O–H groups in total. The molecule has 0 heterocycles. The SMILES string of the molecule is COc1cc(C(CO)[N+](=O)[O-])c(OC)cc1CCCc1ccccc1. The maximum atomic E-state index is 11.2. The smallest absolute Gasteiger partial charge is 0.264 e. The van der Waals surface area contributed by atoms with Crippen molar-refractivity contribution in [3.8, 4) is 11.5 Å². The summed E-state index contributed by atoms with van der Waals surface area (Å²) in [5, 5.41) is 20.5. The quantitative estimate of drug-likeness (QED) is 0.557. The standard InChI is InChI=1S/C19H23NO5/c1-24-18-12-16(17(13-21)20(22)23)19(25-2)11-15(18)10-6-9-14-7-4-3-5-8-14/h3-5,7-8,11-12,17,21H,6,9-10,13H2,1-2H3. The van der Waals surface area contributed by atoms with Gasteiger partial charge < -0.3 is 14.6 Å². The second-order valence-electron chi connectivity index (χ2n) is 5.73. The predicted molar refractivity (Wildman–Crippen MR) is 94.8 cm³/mol. The summed E-state index contributed by atoms with van der Waals surface area (Å²) in [6, 6.07) is 12.3. The molecule has 0 aromatic heterocycles. The van der Waals surface area contributed by atoms with Crippen LogP contribution < -0.4 is 9.47 Å². The van der Waals surface area contributed by atoms with Crippen molar-refractivity contribution in [3.05, 3.63) is 69.3 Å². The first kappa shape index (κ1) is 18.7. The van der Waals surface area contributed by atoms with Crippen molar-refractivity contribution in [2.24, 2.45) is 0 Å². The molecule has 1 atom stereocenters. The van der Waals surface area contributed by atoms with Gasteiger partial charge in [-0.05, 0) is 42.5 Å². The number of aryl methyl sites for hydroxylation is 2. The lowest BCUT2D eigenvalue weighted by molar-refractivity contribution is -0.532. The molecule has 1 unspecified atom stereocenters. The summed E-state index contributed by atoms with van der Waals surface area (Å²) in [4.78, 5) is 10.6. The second kappa shape index (κ2) is 9.03. The Morgan fingerprint density at radius 3 is 2.32 bits per heavy atom. The van der Waals surface area contributed by atoms with Crippen molar-refractivity contribution < 1.29 is 19.5 Å². The van der Waals surface area contributed by atoms with Crippen LogP contribution in [-0.2, 0) is 12.8 Å². The maximum Gasteiger partial charge on any atom is 0.264 e. The lowest BCUT2D eigenvalue weighted by Gasteiger charge is -2.16. The Kier molecular flexibility index (Phi) is 6.77. The molecular formula is C19H23NO5. The molecule has 0 aliphatic carbocycles. The third-order valence-corrected chi connectivity index (χ3v) is 4.17. The third kappa shape index (κ3) is 4.70. The molecule has 0 aliphatic rings. The normalized spacial score (nSPS) is 11.8. The number of benzene rings is 2. The molecule has 0 radical (unpaired) electrons. The van der Waals surface area contributed by atoms with Gasteiger partial charge in [0.25, 0.3) is 6.04 Å². The number of aliphatic hydroxyl groups excluding tert-OH is 1. The summed E-state index contributed by atoms with van der Waals surface area (Å²) >= 11 is 0. The largest absolute Gasteiger partial charge is 0.496 e. The van der Waals surface area contributed by atoms with Crippen LogP contribution in [0.5, 0.6) is 11.5 Å². The van der Waals surface area contributed by atoms with Crippen molar-refractivity contribution in [1.82, 2.24) is 0 Å². The van der Waals surface area contributed by atoms with E-state index in [0.29, 0.717) is 17.1 Å². The zero-order chi connectivity index (χ0) is 18.2. The maximum absolute atomic E-state index is 11.2. The van der Waals surface area contributed by atoms with Crippen LogP contribution in [0.3, 0.4) is 0 Å². The Balaban J connectivity index is 2.21. The van der Waals surface area contributed by atoms with Gasteiger partial charge in [0.15, 0.2) is 0 Å². The van der Waals surface area contributed by atoms with Crippen molar-refractivity contribution in [2.45, 2.75) is 25.3 Å². The molecular weight excluding hydrogens is 322 g/mol. The van der Waals surface area contributed by atoms with Gasteiger partial charge >= 0.3 is 0 Å². The van der Waals surface area contributed by atoms with Gasteiger partial charge in [-0.3, -0.25) is 10.1 Å². The monoisotopic (exact) mass is 345 g/mol. The van der Waals surface area contributed by atoms with Gasteiger partial charge in [0, 0.05) is 4.92 Å². The van der Waals surface area contributed by atoms with Crippen molar-refractivity contribution >= 4 is 0 Å². The summed E-state index contributed by atoms with van der Waals surface area (Å²) in [5.74, 6) is 0.968. The zero-order valence-electron chi connectivity index (χ0n) is 14.5.